The van der Waals surface area contributed by atoms with Crippen molar-refractivity contribution in [2.24, 2.45) is 5.92 Å². The molecule has 2 heterocycles. The summed E-state index contributed by atoms with van der Waals surface area (Å²) < 4.78 is 0. The second-order valence-corrected chi connectivity index (χ2v) is 6.45. The van der Waals surface area contributed by atoms with Crippen LogP contribution in [-0.2, 0) is 16.1 Å². The van der Waals surface area contributed by atoms with Gasteiger partial charge >= 0.3 is 0 Å². The van der Waals surface area contributed by atoms with Gasteiger partial charge in [0, 0.05) is 33.6 Å². The Bertz CT molecular complexity index is 744. The molecule has 130 valence electrons. The number of carbonyl (C=O) groups is 2. The summed E-state index contributed by atoms with van der Waals surface area (Å²) in [6.07, 6.45) is 1.88. The molecule has 0 bridgehead atoms. The number of aromatic nitrogens is 1. The Hall–Kier alpha value is -2.89. The Morgan fingerprint density at radius 2 is 2.00 bits per heavy atom. The minimum atomic E-state index is -0.329. The predicted octanol–water partition coefficient (Wildman–Crippen LogP) is 2.13. The van der Waals surface area contributed by atoms with Crippen LogP contribution >= 0.6 is 0 Å². The fraction of sp³-hybridized carbons (Fsp3) is 0.316. The number of amides is 2. The van der Waals surface area contributed by atoms with Crippen molar-refractivity contribution in [1.29, 1.82) is 0 Å². The molecule has 0 unspecified atom stereocenters. The van der Waals surface area contributed by atoms with Crippen LogP contribution in [-0.4, -0.2) is 42.3 Å². The first-order chi connectivity index (χ1) is 12.0. The van der Waals surface area contributed by atoms with Gasteiger partial charge in [0.25, 0.3) is 0 Å². The van der Waals surface area contributed by atoms with Crippen molar-refractivity contribution < 1.29 is 9.59 Å². The highest BCUT2D eigenvalue weighted by atomic mass is 16.2. The molecule has 3 rings (SSSR count). The van der Waals surface area contributed by atoms with E-state index in [9.17, 15) is 9.59 Å². The summed E-state index contributed by atoms with van der Waals surface area (Å²) in [6.45, 7) is 0.991. The minimum Gasteiger partial charge on any atom is -0.363 e. The van der Waals surface area contributed by atoms with Gasteiger partial charge in [0.05, 0.1) is 17.8 Å². The number of nitrogens with zero attached hydrogens (tertiary/aromatic N) is 3. The average Bonchev–Trinajstić information content (AvgIpc) is 2.97. The molecule has 1 saturated heterocycles. The molecule has 1 N–H and O–H groups in total. The standard InChI is InChI=1S/C19H22N4O2/c1-22(2)17-9-8-16(11-20-17)21-19(25)15-10-18(24)23(13-15)12-14-6-4-3-5-7-14/h3-9,11,15H,10,12-13H2,1-2H3,(H,21,25)/t15-/m1/s1. The summed E-state index contributed by atoms with van der Waals surface area (Å²) >= 11 is 0. The first kappa shape index (κ1) is 17.0. The first-order valence-corrected chi connectivity index (χ1v) is 8.29. The fourth-order valence-corrected chi connectivity index (χ4v) is 2.87. The maximum Gasteiger partial charge on any atom is 0.229 e. The van der Waals surface area contributed by atoms with Crippen molar-refractivity contribution in [3.8, 4) is 0 Å². The number of benzene rings is 1. The maximum atomic E-state index is 12.4. The van der Waals surface area contributed by atoms with Crippen molar-refractivity contribution in [2.45, 2.75) is 13.0 Å². The third-order valence-electron chi connectivity index (χ3n) is 4.28. The number of rotatable bonds is 5. The smallest absolute Gasteiger partial charge is 0.229 e. The van der Waals surface area contributed by atoms with E-state index in [-0.39, 0.29) is 24.2 Å². The molecule has 6 nitrogen and oxygen atoms in total. The lowest BCUT2D eigenvalue weighted by Gasteiger charge is -2.17. The topological polar surface area (TPSA) is 65.5 Å². The SMILES string of the molecule is CN(C)c1ccc(NC(=O)[C@@H]2CC(=O)N(Cc3ccccc3)C2)cn1. The molecule has 0 spiro atoms. The second kappa shape index (κ2) is 7.34. The van der Waals surface area contributed by atoms with Crippen LogP contribution in [0.3, 0.4) is 0 Å². The quantitative estimate of drug-likeness (QED) is 0.907. The van der Waals surface area contributed by atoms with Gasteiger partial charge in [-0.1, -0.05) is 30.3 Å². The number of carbonyl (C=O) groups excluding carboxylic acids is 2. The number of anilines is 2. The molecule has 1 aromatic heterocycles. The second-order valence-electron chi connectivity index (χ2n) is 6.45. The monoisotopic (exact) mass is 338 g/mol. The van der Waals surface area contributed by atoms with E-state index in [1.54, 1.807) is 11.1 Å². The third-order valence-corrected chi connectivity index (χ3v) is 4.28. The molecule has 1 aliphatic heterocycles. The van der Waals surface area contributed by atoms with E-state index in [1.165, 1.54) is 0 Å². The van der Waals surface area contributed by atoms with Crippen LogP contribution in [0.5, 0.6) is 0 Å². The van der Waals surface area contributed by atoms with E-state index in [4.69, 9.17) is 0 Å². The summed E-state index contributed by atoms with van der Waals surface area (Å²) in [7, 11) is 3.82. The van der Waals surface area contributed by atoms with Gasteiger partial charge in [0.15, 0.2) is 0 Å². The minimum absolute atomic E-state index is 0.0186. The molecule has 0 radical (unpaired) electrons. The van der Waals surface area contributed by atoms with Gasteiger partial charge in [0.2, 0.25) is 11.8 Å². The van der Waals surface area contributed by atoms with Crippen LogP contribution in [0.15, 0.2) is 48.7 Å². The molecular weight excluding hydrogens is 316 g/mol. The lowest BCUT2D eigenvalue weighted by molar-refractivity contribution is -0.128. The molecule has 0 saturated carbocycles. The van der Waals surface area contributed by atoms with Crippen LogP contribution in [0, 0.1) is 5.92 Å². The van der Waals surface area contributed by atoms with E-state index < -0.39 is 0 Å². The summed E-state index contributed by atoms with van der Waals surface area (Å²) in [5.41, 5.74) is 1.71. The Balaban J connectivity index is 1.58. The Morgan fingerprint density at radius 1 is 1.24 bits per heavy atom. The zero-order chi connectivity index (χ0) is 17.8. The van der Waals surface area contributed by atoms with E-state index >= 15 is 0 Å². The lowest BCUT2D eigenvalue weighted by atomic mass is 10.1. The summed E-state index contributed by atoms with van der Waals surface area (Å²) in [4.78, 5) is 32.6. The number of likely N-dealkylation sites (tertiary alicyclic amines) is 1. The van der Waals surface area contributed by atoms with Gasteiger partial charge in [-0.2, -0.15) is 0 Å². The summed E-state index contributed by atoms with van der Waals surface area (Å²) in [5.74, 6) is 0.376. The molecule has 6 heteroatoms. The van der Waals surface area contributed by atoms with Crippen molar-refractivity contribution in [3.05, 3.63) is 54.2 Å². The molecule has 0 aliphatic carbocycles. The molecule has 25 heavy (non-hydrogen) atoms. The third kappa shape index (κ3) is 4.15. The number of nitrogens with one attached hydrogen (secondary N) is 1. The van der Waals surface area contributed by atoms with Gasteiger partial charge < -0.3 is 15.1 Å². The van der Waals surface area contributed by atoms with Gasteiger partial charge in [-0.15, -0.1) is 0 Å². The van der Waals surface area contributed by atoms with Gasteiger partial charge in [-0.25, -0.2) is 4.98 Å². The van der Waals surface area contributed by atoms with Crippen molar-refractivity contribution in [3.63, 3.8) is 0 Å². The number of hydrogen-bond donors (Lipinski definition) is 1. The van der Waals surface area contributed by atoms with E-state index in [1.807, 2.05) is 61.5 Å². The zero-order valence-electron chi connectivity index (χ0n) is 14.5. The van der Waals surface area contributed by atoms with Crippen molar-refractivity contribution >= 4 is 23.3 Å². The normalized spacial score (nSPS) is 16.8. The average molecular weight is 338 g/mol. The summed E-state index contributed by atoms with van der Waals surface area (Å²) in [5, 5.41) is 2.86. The molecule has 1 aromatic carbocycles. The Labute approximate surface area is 147 Å². The van der Waals surface area contributed by atoms with Crippen LogP contribution in [0.1, 0.15) is 12.0 Å². The zero-order valence-corrected chi connectivity index (χ0v) is 14.5. The lowest BCUT2D eigenvalue weighted by Crippen LogP contribution is -2.28. The highest BCUT2D eigenvalue weighted by Crippen LogP contribution is 2.22. The summed E-state index contributed by atoms with van der Waals surface area (Å²) in [6, 6.07) is 13.5. The molecule has 2 aromatic rings. The van der Waals surface area contributed by atoms with Gasteiger partial charge in [-0.05, 0) is 17.7 Å². The van der Waals surface area contributed by atoms with Crippen LogP contribution in [0.25, 0.3) is 0 Å². The Morgan fingerprint density at radius 3 is 2.64 bits per heavy atom. The van der Waals surface area contributed by atoms with Crippen LogP contribution in [0.4, 0.5) is 11.5 Å². The molecule has 1 fully saturated rings. The highest BCUT2D eigenvalue weighted by molar-refractivity contribution is 5.97. The Kier molecular flexibility index (Phi) is 4.97. The van der Waals surface area contributed by atoms with Crippen LogP contribution in [0.2, 0.25) is 0 Å². The van der Waals surface area contributed by atoms with Crippen molar-refractivity contribution in [1.82, 2.24) is 9.88 Å². The molecule has 1 atom stereocenters. The maximum absolute atomic E-state index is 12.4. The van der Waals surface area contributed by atoms with E-state index in [0.717, 1.165) is 11.4 Å². The molecule has 2 amide bonds. The molecular formula is C19H22N4O2. The van der Waals surface area contributed by atoms with Gasteiger partial charge in [0.1, 0.15) is 5.82 Å². The number of hydrogen-bond acceptors (Lipinski definition) is 4. The first-order valence-electron chi connectivity index (χ1n) is 8.29. The molecule has 1 aliphatic rings. The number of pyridine rings is 1. The van der Waals surface area contributed by atoms with Crippen LogP contribution < -0.4 is 10.2 Å². The van der Waals surface area contributed by atoms with Crippen molar-refractivity contribution in [2.75, 3.05) is 30.9 Å². The predicted molar refractivity (Wildman–Crippen MR) is 97.2 cm³/mol. The van der Waals surface area contributed by atoms with E-state index in [2.05, 4.69) is 10.3 Å². The van der Waals surface area contributed by atoms with Gasteiger partial charge in [-0.3, -0.25) is 9.59 Å². The highest BCUT2D eigenvalue weighted by Gasteiger charge is 2.34. The van der Waals surface area contributed by atoms with E-state index in [0.29, 0.717) is 18.8 Å². The largest absolute Gasteiger partial charge is 0.363 e. The fourth-order valence-electron chi connectivity index (χ4n) is 2.87.